The van der Waals surface area contributed by atoms with Crippen LogP contribution in [-0.4, -0.2) is 18.1 Å². The van der Waals surface area contributed by atoms with Crippen LogP contribution in [0.2, 0.25) is 0 Å². The second-order valence-corrected chi connectivity index (χ2v) is 4.83. The molecule has 100 valence electrons. The van der Waals surface area contributed by atoms with Crippen LogP contribution in [0.4, 0.5) is 14.5 Å². The molecule has 0 unspecified atom stereocenters. The fraction of sp³-hybridized carbons (Fsp3) is 0.357. The number of aromatic amines is 1. The molecule has 0 bridgehead atoms. The van der Waals surface area contributed by atoms with Gasteiger partial charge in [0.25, 0.3) is 0 Å². The van der Waals surface area contributed by atoms with Gasteiger partial charge >= 0.3 is 0 Å². The molecule has 1 aliphatic rings. The zero-order valence-corrected chi connectivity index (χ0v) is 10.4. The monoisotopic (exact) mass is 264 g/mol. The highest BCUT2D eigenvalue weighted by Crippen LogP contribution is 2.30. The van der Waals surface area contributed by atoms with Gasteiger partial charge in [0.2, 0.25) is 0 Å². The number of anilines is 1. The minimum Gasteiger partial charge on any atom is -0.367 e. The summed E-state index contributed by atoms with van der Waals surface area (Å²) in [6, 6.07) is 2.39. The number of rotatable bonds is 1. The van der Waals surface area contributed by atoms with Crippen LogP contribution in [0.15, 0.2) is 23.1 Å². The quantitative estimate of drug-likeness (QED) is 0.859. The molecule has 2 aromatic rings. The maximum absolute atomic E-state index is 14.4. The summed E-state index contributed by atoms with van der Waals surface area (Å²) in [5.41, 5.74) is -0.319. The normalized spacial score (nSPS) is 16.0. The number of pyridine rings is 1. The first-order valence-electron chi connectivity index (χ1n) is 6.43. The van der Waals surface area contributed by atoms with E-state index in [1.165, 1.54) is 12.3 Å². The minimum atomic E-state index is -0.672. The molecule has 0 spiro atoms. The highest BCUT2D eigenvalue weighted by Gasteiger charge is 2.22. The number of benzene rings is 1. The van der Waals surface area contributed by atoms with E-state index < -0.39 is 11.6 Å². The van der Waals surface area contributed by atoms with Crippen LogP contribution in [0.1, 0.15) is 19.3 Å². The third-order valence-corrected chi connectivity index (χ3v) is 3.59. The van der Waals surface area contributed by atoms with E-state index in [-0.39, 0.29) is 22.0 Å². The highest BCUT2D eigenvalue weighted by molar-refractivity contribution is 5.83. The summed E-state index contributed by atoms with van der Waals surface area (Å²) in [4.78, 5) is 16.0. The molecular weight excluding hydrogens is 250 g/mol. The average molecular weight is 264 g/mol. The van der Waals surface area contributed by atoms with E-state index in [4.69, 9.17) is 0 Å². The van der Waals surface area contributed by atoms with Crippen LogP contribution < -0.4 is 10.3 Å². The van der Waals surface area contributed by atoms with E-state index in [0.717, 1.165) is 25.3 Å². The Kier molecular flexibility index (Phi) is 2.97. The standard InChI is InChI=1S/C14H14F2N2O/c15-10-8-9-11(19)4-5-17-13(9)12(16)14(10)18-6-2-1-3-7-18/h4-5,8H,1-3,6-7H2,(H,17,19). The van der Waals surface area contributed by atoms with E-state index in [2.05, 4.69) is 4.98 Å². The van der Waals surface area contributed by atoms with E-state index in [0.29, 0.717) is 13.1 Å². The fourth-order valence-corrected chi connectivity index (χ4v) is 2.64. The van der Waals surface area contributed by atoms with Gasteiger partial charge in [-0.05, 0) is 25.3 Å². The summed E-state index contributed by atoms with van der Waals surface area (Å²) in [5.74, 6) is -1.34. The maximum atomic E-state index is 14.4. The van der Waals surface area contributed by atoms with Gasteiger partial charge in [-0.1, -0.05) is 0 Å². The van der Waals surface area contributed by atoms with Crippen molar-refractivity contribution in [1.29, 1.82) is 0 Å². The van der Waals surface area contributed by atoms with E-state index in [1.807, 2.05) is 0 Å². The summed E-state index contributed by atoms with van der Waals surface area (Å²) in [7, 11) is 0. The molecule has 5 heteroatoms. The molecule has 1 N–H and O–H groups in total. The Hall–Kier alpha value is -1.91. The largest absolute Gasteiger partial charge is 0.367 e. The molecule has 1 fully saturated rings. The molecule has 2 heterocycles. The summed E-state index contributed by atoms with van der Waals surface area (Å²) in [5, 5.41) is 0.0539. The van der Waals surface area contributed by atoms with Crippen molar-refractivity contribution >= 4 is 16.6 Å². The number of nitrogens with one attached hydrogen (secondary N) is 1. The smallest absolute Gasteiger partial charge is 0.189 e. The summed E-state index contributed by atoms with van der Waals surface area (Å²) >= 11 is 0. The molecule has 1 aromatic heterocycles. The molecule has 1 aromatic carbocycles. The molecule has 0 amide bonds. The van der Waals surface area contributed by atoms with Gasteiger partial charge in [0.1, 0.15) is 11.5 Å². The zero-order chi connectivity index (χ0) is 13.4. The molecule has 0 aliphatic carbocycles. The second kappa shape index (κ2) is 4.64. The Labute approximate surface area is 108 Å². The highest BCUT2D eigenvalue weighted by atomic mass is 19.1. The fourth-order valence-electron chi connectivity index (χ4n) is 2.64. The van der Waals surface area contributed by atoms with Crippen LogP contribution >= 0.6 is 0 Å². The summed E-state index contributed by atoms with van der Waals surface area (Å²) in [6.07, 6.45) is 4.33. The number of hydrogen-bond donors (Lipinski definition) is 1. The van der Waals surface area contributed by atoms with E-state index in [9.17, 15) is 13.6 Å². The van der Waals surface area contributed by atoms with Gasteiger partial charge in [0, 0.05) is 25.4 Å². The lowest BCUT2D eigenvalue weighted by Gasteiger charge is -2.29. The van der Waals surface area contributed by atoms with Crippen LogP contribution in [0, 0.1) is 11.6 Å². The lowest BCUT2D eigenvalue weighted by atomic mass is 10.1. The van der Waals surface area contributed by atoms with Gasteiger partial charge in [0.15, 0.2) is 11.2 Å². The van der Waals surface area contributed by atoms with E-state index in [1.54, 1.807) is 4.90 Å². The van der Waals surface area contributed by atoms with Gasteiger partial charge in [-0.25, -0.2) is 8.78 Å². The van der Waals surface area contributed by atoms with Crippen LogP contribution in [0.25, 0.3) is 10.9 Å². The van der Waals surface area contributed by atoms with Crippen molar-refractivity contribution in [3.63, 3.8) is 0 Å². The van der Waals surface area contributed by atoms with Gasteiger partial charge in [-0.2, -0.15) is 0 Å². The third-order valence-electron chi connectivity index (χ3n) is 3.59. The molecule has 0 saturated carbocycles. The van der Waals surface area contributed by atoms with Crippen molar-refractivity contribution < 1.29 is 8.78 Å². The molecule has 3 rings (SSSR count). The molecule has 0 radical (unpaired) electrons. The topological polar surface area (TPSA) is 36.1 Å². The van der Waals surface area contributed by atoms with Crippen molar-refractivity contribution in [3.05, 3.63) is 40.2 Å². The van der Waals surface area contributed by atoms with Crippen molar-refractivity contribution in [2.75, 3.05) is 18.0 Å². The Morgan fingerprint density at radius 1 is 1.16 bits per heavy atom. The number of H-pyrrole nitrogens is 1. The van der Waals surface area contributed by atoms with Gasteiger partial charge in [0.05, 0.1) is 10.9 Å². The first kappa shape index (κ1) is 12.1. The Morgan fingerprint density at radius 2 is 1.89 bits per heavy atom. The van der Waals surface area contributed by atoms with Gasteiger partial charge in [-0.3, -0.25) is 4.79 Å². The molecule has 1 aliphatic heterocycles. The zero-order valence-electron chi connectivity index (χ0n) is 10.4. The van der Waals surface area contributed by atoms with Crippen molar-refractivity contribution in [1.82, 2.24) is 4.98 Å². The Balaban J connectivity index is 2.22. The first-order valence-corrected chi connectivity index (χ1v) is 6.43. The van der Waals surface area contributed by atoms with Gasteiger partial charge < -0.3 is 9.88 Å². The number of piperidine rings is 1. The molecule has 19 heavy (non-hydrogen) atoms. The number of fused-ring (bicyclic) bond motifs is 1. The minimum absolute atomic E-state index is 0.0194. The predicted molar refractivity (Wildman–Crippen MR) is 70.5 cm³/mol. The number of nitrogens with zero attached hydrogens (tertiary/aromatic N) is 1. The van der Waals surface area contributed by atoms with Crippen molar-refractivity contribution in [2.24, 2.45) is 0 Å². The Bertz CT molecular complexity index is 675. The lowest BCUT2D eigenvalue weighted by Crippen LogP contribution is -2.31. The summed E-state index contributed by atoms with van der Waals surface area (Å²) in [6.45, 7) is 1.30. The van der Waals surface area contributed by atoms with Gasteiger partial charge in [-0.15, -0.1) is 0 Å². The molecular formula is C14H14F2N2O. The molecule has 3 nitrogen and oxygen atoms in total. The predicted octanol–water partition coefficient (Wildman–Crippen LogP) is 2.80. The first-order chi connectivity index (χ1) is 9.18. The SMILES string of the molecule is O=c1cc[nH]c2c(F)c(N3CCCCC3)c(F)cc12. The van der Waals surface area contributed by atoms with Crippen LogP contribution in [-0.2, 0) is 0 Å². The van der Waals surface area contributed by atoms with E-state index >= 15 is 0 Å². The second-order valence-electron chi connectivity index (χ2n) is 4.83. The van der Waals surface area contributed by atoms with Crippen molar-refractivity contribution in [2.45, 2.75) is 19.3 Å². The number of hydrogen-bond acceptors (Lipinski definition) is 2. The maximum Gasteiger partial charge on any atom is 0.189 e. The average Bonchev–Trinajstić information content (AvgIpc) is 2.41. The van der Waals surface area contributed by atoms with Crippen molar-refractivity contribution in [3.8, 4) is 0 Å². The molecule has 0 atom stereocenters. The Morgan fingerprint density at radius 3 is 2.63 bits per heavy atom. The number of aromatic nitrogens is 1. The molecule has 1 saturated heterocycles. The third kappa shape index (κ3) is 1.99. The number of halogens is 2. The lowest BCUT2D eigenvalue weighted by molar-refractivity contribution is 0.534. The van der Waals surface area contributed by atoms with Crippen LogP contribution in [0.3, 0.4) is 0 Å². The van der Waals surface area contributed by atoms with Crippen LogP contribution in [0.5, 0.6) is 0 Å². The summed E-state index contributed by atoms with van der Waals surface area (Å²) < 4.78 is 28.6.